The van der Waals surface area contributed by atoms with Gasteiger partial charge in [-0.3, -0.25) is 4.79 Å². The minimum Gasteiger partial charge on any atom is -0.507 e. The molecule has 2 rings (SSSR count). The van der Waals surface area contributed by atoms with Gasteiger partial charge in [0.2, 0.25) is 0 Å². The van der Waals surface area contributed by atoms with Gasteiger partial charge in [-0.2, -0.15) is 0 Å². The van der Waals surface area contributed by atoms with Gasteiger partial charge in [-0.05, 0) is 86.6 Å². The summed E-state index contributed by atoms with van der Waals surface area (Å²) in [5, 5.41) is 22.2. The fraction of sp³-hybridized carbons (Fsp3) is 0.679. The van der Waals surface area contributed by atoms with Crippen molar-refractivity contribution in [3.63, 3.8) is 0 Å². The number of allylic oxidation sites excluding steroid dienone is 1. The van der Waals surface area contributed by atoms with E-state index in [2.05, 4.69) is 27.7 Å². The van der Waals surface area contributed by atoms with Crippen LogP contribution < -0.4 is 0 Å². The Kier molecular flexibility index (Phi) is 8.84. The van der Waals surface area contributed by atoms with Gasteiger partial charge in [0.25, 0.3) is 0 Å². The summed E-state index contributed by atoms with van der Waals surface area (Å²) < 4.78 is 5.35. The molecular formula is C28H44O4. The molecular weight excluding hydrogens is 400 g/mol. The number of aromatic hydroxyl groups is 2. The van der Waals surface area contributed by atoms with Gasteiger partial charge in [-0.25, -0.2) is 0 Å². The van der Waals surface area contributed by atoms with Gasteiger partial charge in [0, 0.05) is 0 Å². The summed E-state index contributed by atoms with van der Waals surface area (Å²) in [6, 6.07) is 3.63. The molecule has 1 atom stereocenters. The lowest BCUT2D eigenvalue weighted by Crippen LogP contribution is -2.31. The molecule has 1 unspecified atom stereocenters. The molecule has 0 saturated carbocycles. The van der Waals surface area contributed by atoms with Crippen molar-refractivity contribution >= 4 is 11.5 Å². The predicted octanol–water partition coefficient (Wildman–Crippen LogP) is 7.51. The van der Waals surface area contributed by atoms with Crippen LogP contribution >= 0.6 is 0 Å². The molecule has 1 aliphatic carbocycles. The third kappa shape index (κ3) is 5.88. The van der Waals surface area contributed by atoms with Gasteiger partial charge in [-0.1, -0.05) is 53.4 Å². The molecule has 4 heteroatoms. The number of carbonyl (C=O) groups excluding carboxylic acids is 1. The lowest BCUT2D eigenvalue weighted by atomic mass is 9.70. The first-order valence-electron chi connectivity index (χ1n) is 12.4. The molecule has 0 fully saturated rings. The highest BCUT2D eigenvalue weighted by Crippen LogP contribution is 2.49. The molecule has 32 heavy (non-hydrogen) atoms. The number of benzene rings is 1. The highest BCUT2D eigenvalue weighted by Gasteiger charge is 2.39. The van der Waals surface area contributed by atoms with Crippen LogP contribution in [0.3, 0.4) is 0 Å². The molecule has 1 aromatic rings. The van der Waals surface area contributed by atoms with Crippen LogP contribution in [0.4, 0.5) is 0 Å². The molecule has 0 radical (unpaired) electrons. The number of carbonyl (C=O) groups is 1. The molecule has 0 bridgehead atoms. The zero-order chi connectivity index (χ0) is 24.1. The molecule has 180 valence electrons. The number of esters is 1. The lowest BCUT2D eigenvalue weighted by Gasteiger charge is -2.35. The standard InChI is InChI=1S/C28H44O4/c1-8-10-11-12-15-27(4,5)20-17-23(29)25(24(30)18-20)21-16-19(3)13-14-22(21)28(6,7)26(31)32-9-2/h17-19,29-30H,8-16H2,1-7H3. The first kappa shape index (κ1) is 26.3. The second-order valence-electron chi connectivity index (χ2n) is 10.7. The number of ether oxygens (including phenoxy) is 1. The maximum atomic E-state index is 12.7. The Morgan fingerprint density at radius 1 is 1.06 bits per heavy atom. The van der Waals surface area contributed by atoms with E-state index in [0.717, 1.165) is 48.8 Å². The maximum absolute atomic E-state index is 12.7. The number of unbranched alkanes of at least 4 members (excludes halogenated alkanes) is 3. The van der Waals surface area contributed by atoms with E-state index < -0.39 is 5.41 Å². The van der Waals surface area contributed by atoms with E-state index >= 15 is 0 Å². The van der Waals surface area contributed by atoms with E-state index in [1.807, 2.05) is 32.9 Å². The summed E-state index contributed by atoms with van der Waals surface area (Å²) in [6.07, 6.45) is 8.23. The predicted molar refractivity (Wildman–Crippen MR) is 132 cm³/mol. The highest BCUT2D eigenvalue weighted by molar-refractivity contribution is 5.87. The van der Waals surface area contributed by atoms with E-state index in [9.17, 15) is 15.0 Å². The number of hydrogen-bond acceptors (Lipinski definition) is 4. The minimum atomic E-state index is -0.804. The summed E-state index contributed by atoms with van der Waals surface area (Å²) in [5.74, 6) is 0.358. The first-order chi connectivity index (χ1) is 15.0. The first-order valence-corrected chi connectivity index (χ1v) is 12.4. The van der Waals surface area contributed by atoms with E-state index in [0.29, 0.717) is 18.1 Å². The zero-order valence-corrected chi connectivity index (χ0v) is 21.3. The Morgan fingerprint density at radius 3 is 2.25 bits per heavy atom. The molecule has 4 nitrogen and oxygen atoms in total. The van der Waals surface area contributed by atoms with Gasteiger partial charge in [0.05, 0.1) is 17.6 Å². The second kappa shape index (κ2) is 10.8. The van der Waals surface area contributed by atoms with Crippen molar-refractivity contribution < 1.29 is 19.7 Å². The van der Waals surface area contributed by atoms with Crippen molar-refractivity contribution in [1.29, 1.82) is 0 Å². The lowest BCUT2D eigenvalue weighted by molar-refractivity contribution is -0.151. The molecule has 2 N–H and O–H groups in total. The van der Waals surface area contributed by atoms with Crippen molar-refractivity contribution in [3.05, 3.63) is 28.8 Å². The van der Waals surface area contributed by atoms with Gasteiger partial charge in [0.15, 0.2) is 0 Å². The monoisotopic (exact) mass is 444 g/mol. The fourth-order valence-corrected chi connectivity index (χ4v) is 4.94. The highest BCUT2D eigenvalue weighted by atomic mass is 16.5. The Labute approximate surface area is 195 Å². The van der Waals surface area contributed by atoms with E-state index in [-0.39, 0.29) is 22.9 Å². The van der Waals surface area contributed by atoms with Crippen LogP contribution in [-0.2, 0) is 14.9 Å². The summed E-state index contributed by atoms with van der Waals surface area (Å²) in [6.45, 7) is 14.6. The van der Waals surface area contributed by atoms with Gasteiger partial charge in [-0.15, -0.1) is 0 Å². The van der Waals surface area contributed by atoms with Crippen molar-refractivity contribution in [2.45, 2.75) is 105 Å². The van der Waals surface area contributed by atoms with Crippen LogP contribution in [0, 0.1) is 11.3 Å². The number of rotatable bonds is 10. The Bertz CT molecular complexity index is 809. The molecule has 0 spiro atoms. The van der Waals surface area contributed by atoms with Crippen LogP contribution in [0.1, 0.15) is 111 Å². The molecule has 0 heterocycles. The minimum absolute atomic E-state index is 0.0999. The van der Waals surface area contributed by atoms with Crippen molar-refractivity contribution in [3.8, 4) is 11.5 Å². The van der Waals surface area contributed by atoms with E-state index in [1.54, 1.807) is 0 Å². The van der Waals surface area contributed by atoms with Crippen LogP contribution in [0.2, 0.25) is 0 Å². The molecule has 0 amide bonds. The second-order valence-corrected chi connectivity index (χ2v) is 10.7. The van der Waals surface area contributed by atoms with Gasteiger partial charge in [0.1, 0.15) is 11.5 Å². The molecule has 0 aliphatic heterocycles. The van der Waals surface area contributed by atoms with Crippen molar-refractivity contribution in [1.82, 2.24) is 0 Å². The third-order valence-corrected chi connectivity index (χ3v) is 7.18. The maximum Gasteiger partial charge on any atom is 0.315 e. The van der Waals surface area contributed by atoms with Crippen LogP contribution in [0.15, 0.2) is 17.7 Å². The van der Waals surface area contributed by atoms with Crippen molar-refractivity contribution in [2.75, 3.05) is 6.61 Å². The van der Waals surface area contributed by atoms with E-state index in [1.165, 1.54) is 19.3 Å². The number of phenolic OH excluding ortho intramolecular Hbond substituents is 2. The molecule has 0 aromatic heterocycles. The Balaban J connectivity index is 2.49. The normalized spacial score (nSPS) is 17.5. The number of phenols is 2. The van der Waals surface area contributed by atoms with Crippen molar-refractivity contribution in [2.24, 2.45) is 11.3 Å². The summed E-state index contributed by atoms with van der Waals surface area (Å²) in [5.41, 5.74) is 2.34. The summed E-state index contributed by atoms with van der Waals surface area (Å²) in [7, 11) is 0. The SMILES string of the molecule is CCCCCCC(C)(C)c1cc(O)c(C2=C(C(C)(C)C(=O)OCC)CCC(C)C2)c(O)c1. The largest absolute Gasteiger partial charge is 0.507 e. The zero-order valence-electron chi connectivity index (χ0n) is 21.3. The fourth-order valence-electron chi connectivity index (χ4n) is 4.94. The topological polar surface area (TPSA) is 66.8 Å². The molecule has 0 saturated heterocycles. The third-order valence-electron chi connectivity index (χ3n) is 7.18. The Morgan fingerprint density at radius 2 is 1.69 bits per heavy atom. The summed E-state index contributed by atoms with van der Waals surface area (Å²) in [4.78, 5) is 12.7. The molecule has 1 aromatic carbocycles. The van der Waals surface area contributed by atoms with Gasteiger partial charge < -0.3 is 14.9 Å². The quantitative estimate of drug-likeness (QED) is 0.289. The smallest absolute Gasteiger partial charge is 0.315 e. The number of hydrogen-bond donors (Lipinski definition) is 2. The molecule has 1 aliphatic rings. The average Bonchev–Trinajstić information content (AvgIpc) is 2.70. The van der Waals surface area contributed by atoms with Gasteiger partial charge >= 0.3 is 5.97 Å². The summed E-state index contributed by atoms with van der Waals surface area (Å²) >= 11 is 0. The van der Waals surface area contributed by atoms with Crippen LogP contribution in [0.25, 0.3) is 5.57 Å². The van der Waals surface area contributed by atoms with E-state index in [4.69, 9.17) is 4.74 Å². The Hall–Kier alpha value is -1.97. The average molecular weight is 445 g/mol. The van der Waals surface area contributed by atoms with Crippen LogP contribution in [-0.4, -0.2) is 22.8 Å². The van der Waals surface area contributed by atoms with Crippen LogP contribution in [0.5, 0.6) is 11.5 Å².